The van der Waals surface area contributed by atoms with Crippen LogP contribution in [0.4, 0.5) is 26.3 Å². The van der Waals surface area contributed by atoms with Crippen LogP contribution in [0.3, 0.4) is 0 Å². The van der Waals surface area contributed by atoms with Gasteiger partial charge in [-0.05, 0) is 12.8 Å². The maximum atomic E-state index is 12.8. The molecular formula is C8H11F6LiO3S. The summed E-state index contributed by atoms with van der Waals surface area (Å²) >= 11 is 0. The fourth-order valence-corrected chi connectivity index (χ4v) is 1.58. The van der Waals surface area contributed by atoms with Gasteiger partial charge in [-0.25, -0.2) is 12.8 Å². The molecule has 0 fully saturated rings. The third-order valence-electron chi connectivity index (χ3n) is 2.12. The first kappa shape index (κ1) is 21.4. The van der Waals surface area contributed by atoms with Crippen LogP contribution in [0.25, 0.3) is 0 Å². The molecule has 0 aliphatic heterocycles. The molecule has 0 rings (SSSR count). The van der Waals surface area contributed by atoms with E-state index >= 15 is 0 Å². The molecule has 0 amide bonds. The second-order valence-electron chi connectivity index (χ2n) is 3.70. The van der Waals surface area contributed by atoms with Crippen LogP contribution in [-0.4, -0.2) is 30.6 Å². The van der Waals surface area contributed by atoms with Crippen LogP contribution < -0.4 is 18.9 Å². The minimum absolute atomic E-state index is 0. The van der Waals surface area contributed by atoms with Gasteiger partial charge in [0.05, 0.1) is 0 Å². The van der Waals surface area contributed by atoms with Crippen molar-refractivity contribution >= 4 is 10.1 Å². The third kappa shape index (κ3) is 8.07. The first-order valence-corrected chi connectivity index (χ1v) is 6.33. The van der Waals surface area contributed by atoms with E-state index < -0.39 is 40.6 Å². The Morgan fingerprint density at radius 2 is 1.47 bits per heavy atom. The maximum Gasteiger partial charge on any atom is 1.00 e. The van der Waals surface area contributed by atoms with E-state index in [9.17, 15) is 39.3 Å². The van der Waals surface area contributed by atoms with E-state index in [4.69, 9.17) is 0 Å². The van der Waals surface area contributed by atoms with Crippen LogP contribution >= 0.6 is 0 Å². The van der Waals surface area contributed by atoms with Crippen molar-refractivity contribution in [2.45, 2.75) is 49.7 Å². The molecule has 19 heavy (non-hydrogen) atoms. The van der Waals surface area contributed by atoms with Gasteiger partial charge in [0.1, 0.15) is 0 Å². The van der Waals surface area contributed by atoms with E-state index in [1.807, 2.05) is 0 Å². The maximum absolute atomic E-state index is 12.8. The van der Waals surface area contributed by atoms with Crippen LogP contribution in [-0.2, 0) is 10.1 Å². The molecular weight excluding hydrogens is 297 g/mol. The Morgan fingerprint density at radius 3 is 1.84 bits per heavy atom. The summed E-state index contributed by atoms with van der Waals surface area (Å²) in [6.45, 7) is 0. The summed E-state index contributed by atoms with van der Waals surface area (Å²) in [5.41, 5.74) is 0. The molecule has 0 N–H and O–H groups in total. The zero-order valence-corrected chi connectivity index (χ0v) is 10.8. The van der Waals surface area contributed by atoms with Gasteiger partial charge < -0.3 is 4.55 Å². The monoisotopic (exact) mass is 308 g/mol. The average molecular weight is 308 g/mol. The van der Waals surface area contributed by atoms with Gasteiger partial charge in [-0.15, -0.1) is 0 Å². The third-order valence-corrected chi connectivity index (χ3v) is 3.04. The summed E-state index contributed by atoms with van der Waals surface area (Å²) in [7, 11) is -6.11. The van der Waals surface area contributed by atoms with Gasteiger partial charge in [0.2, 0.25) is 0 Å². The van der Waals surface area contributed by atoms with Gasteiger partial charge in [-0.1, -0.05) is 12.8 Å². The summed E-state index contributed by atoms with van der Waals surface area (Å²) in [5.74, 6) is 0. The molecule has 3 nitrogen and oxygen atoms in total. The van der Waals surface area contributed by atoms with Crippen molar-refractivity contribution in [3.05, 3.63) is 0 Å². The first-order valence-electron chi connectivity index (χ1n) is 4.92. The van der Waals surface area contributed by atoms with Crippen molar-refractivity contribution in [1.29, 1.82) is 0 Å². The van der Waals surface area contributed by atoms with Crippen LogP contribution in [0.2, 0.25) is 0 Å². The van der Waals surface area contributed by atoms with Crippen molar-refractivity contribution in [2.75, 3.05) is 0 Å². The van der Waals surface area contributed by atoms with E-state index in [2.05, 4.69) is 0 Å². The molecule has 0 aliphatic carbocycles. The number of alkyl halides is 6. The second-order valence-corrected chi connectivity index (χ2v) is 5.15. The van der Waals surface area contributed by atoms with Crippen LogP contribution in [0.15, 0.2) is 0 Å². The Kier molecular flexibility index (Phi) is 8.73. The zero-order chi connectivity index (χ0) is 14.6. The molecule has 0 bridgehead atoms. The fraction of sp³-hybridized carbons (Fsp3) is 1.00. The number of unbranched alkanes of at least 4 members (excludes halogenated alkanes) is 2. The van der Waals surface area contributed by atoms with Crippen molar-refractivity contribution in [3.63, 3.8) is 0 Å². The molecule has 0 aromatic rings. The summed E-state index contributed by atoms with van der Waals surface area (Å²) in [6.07, 6.45) is -10.6. The second kappa shape index (κ2) is 7.76. The van der Waals surface area contributed by atoms with Gasteiger partial charge in [0.15, 0.2) is 16.3 Å². The molecule has 0 saturated carbocycles. The first-order chi connectivity index (χ1) is 7.88. The Morgan fingerprint density at radius 1 is 1.00 bits per heavy atom. The molecule has 0 aliphatic rings. The summed E-state index contributed by atoms with van der Waals surface area (Å²) in [5, 5.41) is -5.04. The SMILES string of the molecule is O=S(=O)([O-])C(F)(F)C(F)CCCCCC(F)(F)F.[Li+]. The Hall–Kier alpha value is 0.0874. The summed E-state index contributed by atoms with van der Waals surface area (Å²) < 4.78 is 103. The molecule has 110 valence electrons. The van der Waals surface area contributed by atoms with Gasteiger partial charge in [-0.3, -0.25) is 0 Å². The van der Waals surface area contributed by atoms with Gasteiger partial charge >= 0.3 is 30.3 Å². The standard InChI is InChI=1S/C8H12F6O3S.Li/c9-6(8(13,14)18(15,16)17)4-2-1-3-5-7(10,11)12;/h6H,1-5H2,(H,15,16,17);/q;+1/p-1. The minimum atomic E-state index is -6.11. The molecule has 0 spiro atoms. The number of rotatable bonds is 7. The van der Waals surface area contributed by atoms with Gasteiger partial charge in [0, 0.05) is 6.42 Å². The molecule has 1 atom stereocenters. The van der Waals surface area contributed by atoms with Crippen LogP contribution in [0, 0.1) is 0 Å². The number of hydrogen-bond acceptors (Lipinski definition) is 3. The van der Waals surface area contributed by atoms with Crippen molar-refractivity contribution in [2.24, 2.45) is 0 Å². The van der Waals surface area contributed by atoms with Crippen molar-refractivity contribution in [1.82, 2.24) is 0 Å². The smallest absolute Gasteiger partial charge is 0.743 e. The summed E-state index contributed by atoms with van der Waals surface area (Å²) in [6, 6.07) is 0. The summed E-state index contributed by atoms with van der Waals surface area (Å²) in [4.78, 5) is 0. The quantitative estimate of drug-likeness (QED) is 0.287. The number of hydrogen-bond donors (Lipinski definition) is 0. The normalized spacial score (nSPS) is 14.9. The Labute approximate surface area is 118 Å². The van der Waals surface area contributed by atoms with E-state index in [1.54, 1.807) is 0 Å². The molecule has 0 aromatic heterocycles. The van der Waals surface area contributed by atoms with Crippen LogP contribution in [0.1, 0.15) is 32.1 Å². The molecule has 0 heterocycles. The Bertz CT molecular complexity index is 356. The molecule has 0 radical (unpaired) electrons. The predicted octanol–water partition coefficient (Wildman–Crippen LogP) is -0.0207. The van der Waals surface area contributed by atoms with Gasteiger partial charge in [-0.2, -0.15) is 22.0 Å². The molecule has 11 heteroatoms. The number of halogens is 6. The van der Waals surface area contributed by atoms with E-state index in [0.717, 1.165) is 0 Å². The van der Waals surface area contributed by atoms with Crippen molar-refractivity contribution in [3.8, 4) is 0 Å². The van der Waals surface area contributed by atoms with Crippen LogP contribution in [0.5, 0.6) is 0 Å². The van der Waals surface area contributed by atoms with E-state index in [1.165, 1.54) is 0 Å². The molecule has 1 unspecified atom stereocenters. The van der Waals surface area contributed by atoms with E-state index in [0.29, 0.717) is 0 Å². The topological polar surface area (TPSA) is 57.2 Å². The average Bonchev–Trinajstić information content (AvgIpc) is 2.13. The predicted molar refractivity (Wildman–Crippen MR) is 48.7 cm³/mol. The zero-order valence-electron chi connectivity index (χ0n) is 10.0. The molecule has 0 aromatic carbocycles. The largest absolute Gasteiger partial charge is 1.00 e. The minimum Gasteiger partial charge on any atom is -0.743 e. The van der Waals surface area contributed by atoms with E-state index in [-0.39, 0.29) is 38.1 Å². The van der Waals surface area contributed by atoms with Crippen molar-refractivity contribution < 1.29 is 58.2 Å². The fourth-order valence-electron chi connectivity index (χ4n) is 1.15. The molecule has 0 saturated heterocycles. The Balaban J connectivity index is 0. The van der Waals surface area contributed by atoms with Gasteiger partial charge in [0.25, 0.3) is 0 Å².